The molecule has 0 bridgehead atoms. The molecular weight excluding hydrogens is 464 g/mol. The highest BCUT2D eigenvalue weighted by Crippen LogP contribution is 2.33. The molecule has 0 saturated carbocycles. The maximum atomic E-state index is 13.4. The lowest BCUT2D eigenvalue weighted by molar-refractivity contribution is 0.0602. The Kier molecular flexibility index (Phi) is 6.60. The number of thiophene rings is 2. The van der Waals surface area contributed by atoms with Gasteiger partial charge in [0.05, 0.1) is 34.3 Å². The van der Waals surface area contributed by atoms with Crippen LogP contribution in [0.4, 0.5) is 5.00 Å². The summed E-state index contributed by atoms with van der Waals surface area (Å²) in [6.45, 7) is 4.10. The number of rotatable bonds is 6. The van der Waals surface area contributed by atoms with Crippen molar-refractivity contribution in [2.24, 2.45) is 0 Å². The van der Waals surface area contributed by atoms with E-state index in [1.165, 1.54) is 23.3 Å². The highest BCUT2D eigenvalue weighted by atomic mass is 35.5. The van der Waals surface area contributed by atoms with Crippen molar-refractivity contribution in [2.75, 3.05) is 12.4 Å². The SMILES string of the molecule is CCc1ccc(-c2cc(C(=O)Nc3sc(CC)cc3C(=O)OC)c3cc(Cl)ccc3n2)s1. The molecule has 4 rings (SSSR count). The minimum Gasteiger partial charge on any atom is -0.465 e. The van der Waals surface area contributed by atoms with E-state index in [1.54, 1.807) is 35.6 Å². The number of hydrogen-bond acceptors (Lipinski definition) is 6. The topological polar surface area (TPSA) is 68.3 Å². The van der Waals surface area contributed by atoms with Crippen LogP contribution >= 0.6 is 34.3 Å². The first-order valence-electron chi connectivity index (χ1n) is 10.1. The number of ether oxygens (including phenoxy) is 1. The second-order valence-electron chi connectivity index (χ2n) is 7.09. The molecule has 0 atom stereocenters. The molecule has 3 heterocycles. The van der Waals surface area contributed by atoms with Crippen LogP contribution in [-0.2, 0) is 17.6 Å². The number of pyridine rings is 1. The van der Waals surface area contributed by atoms with Gasteiger partial charge in [0.2, 0.25) is 0 Å². The third-order valence-corrected chi connectivity index (χ3v) is 7.72. The van der Waals surface area contributed by atoms with Gasteiger partial charge in [0.25, 0.3) is 5.91 Å². The molecule has 0 aliphatic carbocycles. The number of anilines is 1. The summed E-state index contributed by atoms with van der Waals surface area (Å²) in [6.07, 6.45) is 1.69. The Balaban J connectivity index is 1.80. The van der Waals surface area contributed by atoms with Crippen LogP contribution in [0.5, 0.6) is 0 Å². The van der Waals surface area contributed by atoms with Crippen molar-refractivity contribution in [3.63, 3.8) is 0 Å². The van der Waals surface area contributed by atoms with E-state index in [1.807, 2.05) is 19.1 Å². The van der Waals surface area contributed by atoms with Gasteiger partial charge in [-0.1, -0.05) is 25.4 Å². The first-order valence-corrected chi connectivity index (χ1v) is 12.2. The molecule has 0 aliphatic heterocycles. The van der Waals surface area contributed by atoms with E-state index in [2.05, 4.69) is 18.3 Å². The summed E-state index contributed by atoms with van der Waals surface area (Å²) in [7, 11) is 1.33. The van der Waals surface area contributed by atoms with Crippen LogP contribution in [0.15, 0.2) is 42.5 Å². The Bertz CT molecular complexity index is 1330. The molecule has 8 heteroatoms. The van der Waals surface area contributed by atoms with Gasteiger partial charge >= 0.3 is 5.97 Å². The third-order valence-electron chi connectivity index (χ3n) is 5.04. The minimum atomic E-state index is -0.481. The predicted molar refractivity (Wildman–Crippen MR) is 132 cm³/mol. The molecule has 0 aliphatic rings. The zero-order valence-electron chi connectivity index (χ0n) is 17.8. The Labute approximate surface area is 199 Å². The van der Waals surface area contributed by atoms with Crippen LogP contribution < -0.4 is 5.32 Å². The van der Waals surface area contributed by atoms with Crippen molar-refractivity contribution in [1.29, 1.82) is 0 Å². The molecule has 3 aromatic heterocycles. The molecule has 164 valence electrons. The summed E-state index contributed by atoms with van der Waals surface area (Å²) in [5, 5.41) is 4.55. The van der Waals surface area contributed by atoms with Crippen molar-refractivity contribution in [3.05, 3.63) is 68.4 Å². The number of hydrogen-bond donors (Lipinski definition) is 1. The lowest BCUT2D eigenvalue weighted by atomic mass is 10.1. The average molecular weight is 485 g/mol. The number of carbonyl (C=O) groups excluding carboxylic acids is 2. The lowest BCUT2D eigenvalue weighted by Crippen LogP contribution is -2.14. The molecule has 1 aromatic carbocycles. The fourth-order valence-corrected chi connectivity index (χ4v) is 5.42. The molecule has 0 radical (unpaired) electrons. The van der Waals surface area contributed by atoms with Crippen molar-refractivity contribution < 1.29 is 14.3 Å². The highest BCUT2D eigenvalue weighted by Gasteiger charge is 2.21. The van der Waals surface area contributed by atoms with Crippen molar-refractivity contribution in [3.8, 4) is 10.6 Å². The number of nitrogens with one attached hydrogen (secondary N) is 1. The molecule has 0 spiro atoms. The van der Waals surface area contributed by atoms with Gasteiger partial charge in [-0.2, -0.15) is 0 Å². The third kappa shape index (κ3) is 4.41. The summed E-state index contributed by atoms with van der Waals surface area (Å²) in [4.78, 5) is 33.6. The monoisotopic (exact) mass is 484 g/mol. The van der Waals surface area contributed by atoms with Gasteiger partial charge < -0.3 is 10.1 Å². The van der Waals surface area contributed by atoms with Gasteiger partial charge in [-0.3, -0.25) is 4.79 Å². The largest absolute Gasteiger partial charge is 0.465 e. The van der Waals surface area contributed by atoms with Gasteiger partial charge in [-0.15, -0.1) is 22.7 Å². The summed E-state index contributed by atoms with van der Waals surface area (Å²) in [5.74, 6) is -0.812. The molecule has 1 amide bonds. The predicted octanol–water partition coefficient (Wildman–Crippen LogP) is 6.84. The first kappa shape index (κ1) is 22.5. The fraction of sp³-hybridized carbons (Fsp3) is 0.208. The number of fused-ring (bicyclic) bond motifs is 1. The summed E-state index contributed by atoms with van der Waals surface area (Å²) in [5.41, 5.74) is 2.20. The summed E-state index contributed by atoms with van der Waals surface area (Å²) >= 11 is 9.25. The number of halogens is 1. The van der Waals surface area contributed by atoms with Gasteiger partial charge in [-0.25, -0.2) is 9.78 Å². The molecule has 5 nitrogen and oxygen atoms in total. The van der Waals surface area contributed by atoms with Gasteiger partial charge in [0.15, 0.2) is 0 Å². The summed E-state index contributed by atoms with van der Waals surface area (Å²) < 4.78 is 4.89. The quantitative estimate of drug-likeness (QED) is 0.304. The molecule has 0 fully saturated rings. The van der Waals surface area contributed by atoms with Crippen LogP contribution in [0.3, 0.4) is 0 Å². The van der Waals surface area contributed by atoms with E-state index >= 15 is 0 Å². The number of aromatic nitrogens is 1. The zero-order chi connectivity index (χ0) is 22.8. The average Bonchev–Trinajstić information content (AvgIpc) is 3.45. The zero-order valence-corrected chi connectivity index (χ0v) is 20.2. The molecule has 4 aromatic rings. The molecule has 0 saturated heterocycles. The van der Waals surface area contributed by atoms with Crippen molar-refractivity contribution >= 4 is 62.1 Å². The lowest BCUT2D eigenvalue weighted by Gasteiger charge is -2.10. The molecular formula is C24H21ClN2O3S2. The minimum absolute atomic E-state index is 0.331. The maximum Gasteiger partial charge on any atom is 0.340 e. The Morgan fingerprint density at radius 2 is 1.78 bits per heavy atom. The number of benzene rings is 1. The van der Waals surface area contributed by atoms with Gasteiger partial charge in [0, 0.05) is 20.2 Å². The van der Waals surface area contributed by atoms with E-state index in [9.17, 15) is 9.59 Å². The molecule has 32 heavy (non-hydrogen) atoms. The van der Waals surface area contributed by atoms with E-state index in [0.717, 1.165) is 28.3 Å². The second kappa shape index (κ2) is 9.40. The van der Waals surface area contributed by atoms with Crippen LogP contribution in [0.1, 0.15) is 44.3 Å². The van der Waals surface area contributed by atoms with Crippen molar-refractivity contribution in [1.82, 2.24) is 4.98 Å². The van der Waals surface area contributed by atoms with E-state index in [0.29, 0.717) is 32.1 Å². The Morgan fingerprint density at radius 1 is 1.00 bits per heavy atom. The summed E-state index contributed by atoms with van der Waals surface area (Å²) in [6, 6.07) is 13.0. The number of nitrogens with zero attached hydrogens (tertiary/aromatic N) is 1. The number of carbonyl (C=O) groups is 2. The highest BCUT2D eigenvalue weighted by molar-refractivity contribution is 7.16. The Morgan fingerprint density at radius 3 is 2.47 bits per heavy atom. The number of amides is 1. The van der Waals surface area contributed by atoms with Crippen LogP contribution in [0.2, 0.25) is 5.02 Å². The molecule has 0 unspecified atom stereocenters. The standard InChI is InChI=1S/C24H21ClN2O3S2/c1-4-14-7-9-21(31-14)20-12-17(16-10-13(25)6-8-19(16)26-20)22(28)27-23-18(24(29)30-3)11-15(5-2)32-23/h6-12H,4-5H2,1-3H3,(H,27,28). The number of aryl methyl sites for hydroxylation is 2. The normalized spacial score (nSPS) is 11.0. The molecule has 1 N–H and O–H groups in total. The van der Waals surface area contributed by atoms with E-state index < -0.39 is 5.97 Å². The fourth-order valence-electron chi connectivity index (χ4n) is 3.36. The first-order chi connectivity index (χ1) is 15.4. The van der Waals surface area contributed by atoms with Crippen molar-refractivity contribution in [2.45, 2.75) is 26.7 Å². The van der Waals surface area contributed by atoms with E-state index in [-0.39, 0.29) is 5.91 Å². The Hall–Kier alpha value is -2.74. The van der Waals surface area contributed by atoms with Gasteiger partial charge in [-0.05, 0) is 55.3 Å². The van der Waals surface area contributed by atoms with Crippen LogP contribution in [0, 0.1) is 0 Å². The smallest absolute Gasteiger partial charge is 0.340 e. The number of esters is 1. The van der Waals surface area contributed by atoms with E-state index in [4.69, 9.17) is 21.3 Å². The second-order valence-corrected chi connectivity index (χ2v) is 9.83. The van der Waals surface area contributed by atoms with Crippen LogP contribution in [-0.4, -0.2) is 24.0 Å². The van der Waals surface area contributed by atoms with Crippen LogP contribution in [0.25, 0.3) is 21.5 Å². The number of methoxy groups -OCH3 is 1. The maximum absolute atomic E-state index is 13.4. The van der Waals surface area contributed by atoms with Gasteiger partial charge in [0.1, 0.15) is 5.00 Å².